The van der Waals surface area contributed by atoms with Crippen molar-refractivity contribution in [3.63, 3.8) is 0 Å². The van der Waals surface area contributed by atoms with E-state index < -0.39 is 6.04 Å². The molecule has 1 aliphatic carbocycles. The zero-order valence-corrected chi connectivity index (χ0v) is 21.2. The van der Waals surface area contributed by atoms with Crippen LogP contribution in [0.1, 0.15) is 63.9 Å². The van der Waals surface area contributed by atoms with Crippen LogP contribution in [0.5, 0.6) is 11.5 Å². The van der Waals surface area contributed by atoms with Gasteiger partial charge in [0.05, 0.1) is 25.5 Å². The molecule has 2 amide bonds. The first-order valence-electron chi connectivity index (χ1n) is 12.1. The number of amides is 2. The summed E-state index contributed by atoms with van der Waals surface area (Å²) in [5.41, 5.74) is 1.72. The van der Waals surface area contributed by atoms with Crippen LogP contribution < -0.4 is 20.1 Å². The van der Waals surface area contributed by atoms with E-state index in [1.54, 1.807) is 20.3 Å². The molecule has 1 aromatic carbocycles. The van der Waals surface area contributed by atoms with Crippen LogP contribution in [0.3, 0.4) is 0 Å². The van der Waals surface area contributed by atoms with Gasteiger partial charge in [0.25, 0.3) is 5.91 Å². The Kier molecular flexibility index (Phi) is 8.58. The molecule has 1 aliphatic rings. The van der Waals surface area contributed by atoms with Gasteiger partial charge in [-0.1, -0.05) is 33.8 Å². The first-order valence-corrected chi connectivity index (χ1v) is 12.1. The quantitative estimate of drug-likeness (QED) is 0.517. The predicted octanol–water partition coefficient (Wildman–Crippen LogP) is 4.04. The number of nitrogens with one attached hydrogen (secondary N) is 2. The van der Waals surface area contributed by atoms with Gasteiger partial charge in [0, 0.05) is 12.6 Å². The van der Waals surface area contributed by atoms with Crippen molar-refractivity contribution in [2.24, 2.45) is 11.8 Å². The van der Waals surface area contributed by atoms with E-state index in [0.717, 1.165) is 30.5 Å². The predicted molar refractivity (Wildman–Crippen MR) is 132 cm³/mol. The van der Waals surface area contributed by atoms with E-state index in [1.165, 1.54) is 0 Å². The summed E-state index contributed by atoms with van der Waals surface area (Å²) in [6.45, 7) is 8.88. The summed E-state index contributed by atoms with van der Waals surface area (Å²) < 4.78 is 13.0. The van der Waals surface area contributed by atoms with E-state index in [4.69, 9.17) is 9.47 Å². The van der Waals surface area contributed by atoms with Crippen LogP contribution in [0.2, 0.25) is 0 Å². The zero-order valence-electron chi connectivity index (χ0n) is 21.2. The van der Waals surface area contributed by atoms with Crippen LogP contribution in [0.4, 0.5) is 0 Å². The smallest absolute Gasteiger partial charge is 0.272 e. The van der Waals surface area contributed by atoms with E-state index in [0.29, 0.717) is 30.4 Å². The Morgan fingerprint density at radius 1 is 1.09 bits per heavy atom. The Morgan fingerprint density at radius 2 is 1.74 bits per heavy atom. The SMILES string of the molecule is COc1cccc(OC)c1-c1cc(C(=O)N[C@@H](CC(C)C)C(=O)NC2CCC2)nn1CC(C)C. The summed E-state index contributed by atoms with van der Waals surface area (Å²) in [7, 11) is 3.21. The number of methoxy groups -OCH3 is 2. The maximum Gasteiger partial charge on any atom is 0.272 e. The molecule has 0 spiro atoms. The Morgan fingerprint density at radius 3 is 2.24 bits per heavy atom. The lowest BCUT2D eigenvalue weighted by molar-refractivity contribution is -0.124. The molecule has 0 aliphatic heterocycles. The molecule has 0 radical (unpaired) electrons. The molecule has 3 rings (SSSR count). The molecule has 1 fully saturated rings. The van der Waals surface area contributed by atoms with E-state index in [1.807, 2.05) is 36.7 Å². The van der Waals surface area contributed by atoms with E-state index in [2.05, 4.69) is 29.6 Å². The number of nitrogens with zero attached hydrogens (tertiary/aromatic N) is 2. The maximum absolute atomic E-state index is 13.3. The van der Waals surface area contributed by atoms with E-state index in [-0.39, 0.29) is 29.5 Å². The van der Waals surface area contributed by atoms with Crippen LogP contribution in [0, 0.1) is 11.8 Å². The van der Waals surface area contributed by atoms with Crippen LogP contribution in [-0.2, 0) is 11.3 Å². The highest BCUT2D eigenvalue weighted by Gasteiger charge is 2.28. The minimum absolute atomic E-state index is 0.125. The molecule has 0 unspecified atom stereocenters. The third-order valence-electron chi connectivity index (χ3n) is 6.02. The molecule has 0 bridgehead atoms. The number of rotatable bonds is 11. The monoisotopic (exact) mass is 470 g/mol. The van der Waals surface area contributed by atoms with E-state index >= 15 is 0 Å². The van der Waals surface area contributed by atoms with Gasteiger partial charge in [0.1, 0.15) is 17.5 Å². The highest BCUT2D eigenvalue weighted by molar-refractivity contribution is 5.97. The van der Waals surface area contributed by atoms with Crippen molar-refractivity contribution in [1.82, 2.24) is 20.4 Å². The second-order valence-electron chi connectivity index (χ2n) is 9.82. The standard InChI is InChI=1S/C26H38N4O4/c1-16(2)13-19(25(31)27-18-9-7-10-18)28-26(32)20-14-21(30(29-20)15-17(3)4)24-22(33-5)11-8-12-23(24)34-6/h8,11-12,14,16-19H,7,9-10,13,15H2,1-6H3,(H,27,31)(H,28,32)/t19-/m0/s1. The molecule has 1 heterocycles. The van der Waals surface area contributed by atoms with Crippen molar-refractivity contribution in [2.45, 2.75) is 72.0 Å². The third kappa shape index (κ3) is 6.10. The molecule has 1 aromatic heterocycles. The highest BCUT2D eigenvalue weighted by atomic mass is 16.5. The summed E-state index contributed by atoms with van der Waals surface area (Å²) in [6, 6.07) is 6.92. The Bertz CT molecular complexity index is 972. The van der Waals surface area contributed by atoms with Gasteiger partial charge in [-0.05, 0) is 55.7 Å². The first kappa shape index (κ1) is 25.6. The minimum atomic E-state index is -0.604. The average molecular weight is 471 g/mol. The van der Waals surface area contributed by atoms with Gasteiger partial charge in [-0.3, -0.25) is 14.3 Å². The van der Waals surface area contributed by atoms with Gasteiger partial charge >= 0.3 is 0 Å². The Labute approximate surface area is 202 Å². The van der Waals surface area contributed by atoms with Gasteiger partial charge in [0.15, 0.2) is 5.69 Å². The van der Waals surface area contributed by atoms with Crippen molar-refractivity contribution >= 4 is 11.8 Å². The Hall–Kier alpha value is -3.03. The fourth-order valence-corrected chi connectivity index (χ4v) is 4.11. The first-order chi connectivity index (χ1) is 16.2. The average Bonchev–Trinajstić information content (AvgIpc) is 3.17. The van der Waals surface area contributed by atoms with Gasteiger partial charge in [-0.25, -0.2) is 0 Å². The number of hydrogen-bond acceptors (Lipinski definition) is 5. The minimum Gasteiger partial charge on any atom is -0.496 e. The molecule has 8 heteroatoms. The summed E-state index contributed by atoms with van der Waals surface area (Å²) in [5, 5.41) is 10.6. The summed E-state index contributed by atoms with van der Waals surface area (Å²) in [5.74, 6) is 1.33. The molecular formula is C26H38N4O4. The third-order valence-corrected chi connectivity index (χ3v) is 6.02. The number of hydrogen-bond donors (Lipinski definition) is 2. The molecule has 186 valence electrons. The van der Waals surface area contributed by atoms with Crippen molar-refractivity contribution in [3.05, 3.63) is 30.0 Å². The topological polar surface area (TPSA) is 94.5 Å². The maximum atomic E-state index is 13.3. The molecule has 0 saturated heterocycles. The summed E-state index contributed by atoms with van der Waals surface area (Å²) >= 11 is 0. The number of benzene rings is 1. The van der Waals surface area contributed by atoms with Gasteiger partial charge in [-0.2, -0.15) is 5.10 Å². The van der Waals surface area contributed by atoms with Gasteiger partial charge in [-0.15, -0.1) is 0 Å². The number of carbonyl (C=O) groups excluding carboxylic acids is 2. The molecule has 1 saturated carbocycles. The molecule has 2 N–H and O–H groups in total. The van der Waals surface area contributed by atoms with Crippen molar-refractivity contribution in [2.75, 3.05) is 14.2 Å². The second-order valence-corrected chi connectivity index (χ2v) is 9.82. The summed E-state index contributed by atoms with van der Waals surface area (Å²) in [4.78, 5) is 26.1. The highest BCUT2D eigenvalue weighted by Crippen LogP contribution is 2.38. The fraction of sp³-hybridized carbons (Fsp3) is 0.577. The van der Waals surface area contributed by atoms with Crippen molar-refractivity contribution in [3.8, 4) is 22.8 Å². The largest absolute Gasteiger partial charge is 0.496 e. The molecule has 2 aromatic rings. The second kappa shape index (κ2) is 11.4. The van der Waals surface area contributed by atoms with Crippen LogP contribution in [0.25, 0.3) is 11.3 Å². The molecule has 8 nitrogen and oxygen atoms in total. The van der Waals surface area contributed by atoms with Gasteiger partial charge < -0.3 is 20.1 Å². The van der Waals surface area contributed by atoms with Gasteiger partial charge in [0.2, 0.25) is 5.91 Å². The number of ether oxygens (including phenoxy) is 2. The lowest BCUT2D eigenvalue weighted by Gasteiger charge is -2.29. The van der Waals surface area contributed by atoms with Crippen LogP contribution in [-0.4, -0.2) is 47.9 Å². The molecule has 34 heavy (non-hydrogen) atoms. The normalized spacial score (nSPS) is 14.6. The van der Waals surface area contributed by atoms with Crippen LogP contribution in [0.15, 0.2) is 24.3 Å². The Balaban J connectivity index is 1.92. The summed E-state index contributed by atoms with van der Waals surface area (Å²) in [6.07, 6.45) is 3.69. The number of carbonyl (C=O) groups is 2. The zero-order chi connectivity index (χ0) is 24.8. The van der Waals surface area contributed by atoms with E-state index in [9.17, 15) is 9.59 Å². The molecule has 1 atom stereocenters. The lowest BCUT2D eigenvalue weighted by Crippen LogP contribution is -2.51. The number of aromatic nitrogens is 2. The lowest BCUT2D eigenvalue weighted by atomic mass is 9.92. The van der Waals surface area contributed by atoms with Crippen LogP contribution >= 0.6 is 0 Å². The fourth-order valence-electron chi connectivity index (χ4n) is 4.11. The van der Waals surface area contributed by atoms with Crippen molar-refractivity contribution < 1.29 is 19.1 Å². The van der Waals surface area contributed by atoms with Crippen molar-refractivity contribution in [1.29, 1.82) is 0 Å². The molecular weight excluding hydrogens is 432 g/mol.